The standard InChI is InChI=1S/C36H29N3O7S/c1-43-30-10-6-5-9-28(30)31-18-14-26(46-31)20-29(39-35(41)23-7-3-2-4-8-23)36(42)38-24-11-15-27(16-12-24)47-21-34(40)37-25-13-17-32-33(19-25)45-22-44-32/h2-20H,21-22H2,1H3,(H,37,40)(H,38,42)(H,39,41). The number of ether oxygens (including phenoxy) is 3. The fraction of sp³-hybridized carbons (Fsp3) is 0.0833. The number of nitrogens with one attached hydrogen (secondary N) is 3. The minimum atomic E-state index is -0.548. The molecule has 0 aliphatic carbocycles. The third-order valence-corrected chi connectivity index (χ3v) is 7.97. The van der Waals surface area contributed by atoms with Gasteiger partial charge in [-0.25, -0.2) is 0 Å². The van der Waals surface area contributed by atoms with Gasteiger partial charge in [-0.15, -0.1) is 11.8 Å². The Morgan fingerprint density at radius 3 is 2.36 bits per heavy atom. The number of hydrogen-bond acceptors (Lipinski definition) is 8. The van der Waals surface area contributed by atoms with Crippen LogP contribution in [0.25, 0.3) is 17.4 Å². The highest BCUT2D eigenvalue weighted by atomic mass is 32.2. The number of anilines is 2. The second-order valence-corrected chi connectivity index (χ2v) is 11.2. The summed E-state index contributed by atoms with van der Waals surface area (Å²) in [6, 6.07) is 31.8. The Kier molecular flexibility index (Phi) is 9.54. The Bertz CT molecular complexity index is 1940. The Morgan fingerprint density at radius 2 is 1.55 bits per heavy atom. The molecule has 0 saturated heterocycles. The summed E-state index contributed by atoms with van der Waals surface area (Å²) in [6.45, 7) is 0.161. The summed E-state index contributed by atoms with van der Waals surface area (Å²) in [5, 5.41) is 8.39. The van der Waals surface area contributed by atoms with E-state index in [4.69, 9.17) is 18.6 Å². The van der Waals surface area contributed by atoms with E-state index in [0.29, 0.717) is 45.7 Å². The van der Waals surface area contributed by atoms with Crippen LogP contribution in [0.4, 0.5) is 11.4 Å². The molecule has 1 aliphatic heterocycles. The fourth-order valence-corrected chi connectivity index (χ4v) is 5.36. The molecule has 3 N–H and O–H groups in total. The molecule has 0 bridgehead atoms. The molecule has 6 rings (SSSR count). The number of para-hydroxylation sites is 1. The van der Waals surface area contributed by atoms with E-state index >= 15 is 0 Å². The zero-order chi connectivity index (χ0) is 32.6. The number of fused-ring (bicyclic) bond motifs is 1. The summed E-state index contributed by atoms with van der Waals surface area (Å²) in [5.74, 6) is 1.77. The average Bonchev–Trinajstić information content (AvgIpc) is 3.77. The van der Waals surface area contributed by atoms with Crippen molar-refractivity contribution in [1.82, 2.24) is 5.32 Å². The van der Waals surface area contributed by atoms with Crippen LogP contribution in [0.3, 0.4) is 0 Å². The first-order chi connectivity index (χ1) is 22.9. The van der Waals surface area contributed by atoms with Gasteiger partial charge in [-0.1, -0.05) is 30.3 Å². The minimum absolute atomic E-state index is 0.0154. The van der Waals surface area contributed by atoms with Crippen LogP contribution in [0.15, 0.2) is 124 Å². The summed E-state index contributed by atoms with van der Waals surface area (Å²) in [7, 11) is 1.58. The molecule has 47 heavy (non-hydrogen) atoms. The summed E-state index contributed by atoms with van der Waals surface area (Å²) in [6.07, 6.45) is 1.47. The van der Waals surface area contributed by atoms with E-state index in [1.165, 1.54) is 17.8 Å². The van der Waals surface area contributed by atoms with Crippen LogP contribution >= 0.6 is 11.8 Å². The van der Waals surface area contributed by atoms with E-state index in [1.807, 2.05) is 24.3 Å². The monoisotopic (exact) mass is 647 g/mol. The van der Waals surface area contributed by atoms with Gasteiger partial charge in [0.2, 0.25) is 12.7 Å². The smallest absolute Gasteiger partial charge is 0.272 e. The molecule has 0 radical (unpaired) electrons. The highest BCUT2D eigenvalue weighted by Gasteiger charge is 2.18. The predicted molar refractivity (Wildman–Crippen MR) is 180 cm³/mol. The van der Waals surface area contributed by atoms with E-state index < -0.39 is 11.8 Å². The zero-order valence-electron chi connectivity index (χ0n) is 25.1. The molecule has 0 unspecified atom stereocenters. The molecule has 0 atom stereocenters. The second-order valence-electron chi connectivity index (χ2n) is 10.2. The maximum atomic E-state index is 13.5. The van der Waals surface area contributed by atoms with Crippen LogP contribution < -0.4 is 30.2 Å². The maximum Gasteiger partial charge on any atom is 0.272 e. The summed E-state index contributed by atoms with van der Waals surface area (Å²) in [5.41, 5.74) is 2.24. The number of thioether (sulfide) groups is 1. The Hall–Kier alpha value is -5.94. The SMILES string of the molecule is COc1ccccc1-c1ccc(C=C(NC(=O)c2ccccc2)C(=O)Nc2ccc(SCC(=O)Nc3ccc4c(c3)OCO4)cc2)o1. The van der Waals surface area contributed by atoms with Gasteiger partial charge in [0.05, 0.1) is 18.4 Å². The Labute approximate surface area is 274 Å². The molecule has 5 aromatic rings. The summed E-state index contributed by atoms with van der Waals surface area (Å²) in [4.78, 5) is 39.8. The van der Waals surface area contributed by atoms with Crippen LogP contribution in [-0.2, 0) is 9.59 Å². The molecule has 10 nitrogen and oxygen atoms in total. The van der Waals surface area contributed by atoms with E-state index in [-0.39, 0.29) is 24.2 Å². The van der Waals surface area contributed by atoms with Crippen LogP contribution in [-0.4, -0.2) is 37.4 Å². The van der Waals surface area contributed by atoms with Gasteiger partial charge in [-0.3, -0.25) is 14.4 Å². The van der Waals surface area contributed by atoms with Gasteiger partial charge in [-0.2, -0.15) is 0 Å². The van der Waals surface area contributed by atoms with Crippen molar-refractivity contribution in [1.29, 1.82) is 0 Å². The number of amides is 3. The first-order valence-corrected chi connectivity index (χ1v) is 15.5. The lowest BCUT2D eigenvalue weighted by Gasteiger charge is -2.11. The summed E-state index contributed by atoms with van der Waals surface area (Å²) >= 11 is 1.35. The van der Waals surface area contributed by atoms with Gasteiger partial charge in [0.1, 0.15) is 23.0 Å². The minimum Gasteiger partial charge on any atom is -0.496 e. The average molecular weight is 648 g/mol. The lowest BCUT2D eigenvalue weighted by Crippen LogP contribution is -2.30. The number of hydrogen-bond donors (Lipinski definition) is 3. The molecular weight excluding hydrogens is 618 g/mol. The fourth-order valence-electron chi connectivity index (χ4n) is 4.66. The number of rotatable bonds is 11. The van der Waals surface area contributed by atoms with Crippen LogP contribution in [0.1, 0.15) is 16.1 Å². The highest BCUT2D eigenvalue weighted by molar-refractivity contribution is 8.00. The van der Waals surface area contributed by atoms with Gasteiger partial charge in [0.25, 0.3) is 11.8 Å². The van der Waals surface area contributed by atoms with Crippen LogP contribution in [0.5, 0.6) is 17.2 Å². The van der Waals surface area contributed by atoms with E-state index in [9.17, 15) is 14.4 Å². The molecule has 2 heterocycles. The van der Waals surface area contributed by atoms with Crippen molar-refractivity contribution in [2.45, 2.75) is 4.90 Å². The number of methoxy groups -OCH3 is 1. The lowest BCUT2D eigenvalue weighted by molar-refractivity contribution is -0.114. The maximum absolute atomic E-state index is 13.5. The predicted octanol–water partition coefficient (Wildman–Crippen LogP) is 6.82. The second kappa shape index (κ2) is 14.4. The van der Waals surface area contributed by atoms with Crippen molar-refractivity contribution < 1.29 is 33.0 Å². The van der Waals surface area contributed by atoms with Gasteiger partial charge >= 0.3 is 0 Å². The molecule has 236 valence electrons. The lowest BCUT2D eigenvalue weighted by atomic mass is 10.1. The van der Waals surface area contributed by atoms with Crippen molar-refractivity contribution in [3.63, 3.8) is 0 Å². The first-order valence-electron chi connectivity index (χ1n) is 14.5. The molecule has 0 saturated carbocycles. The van der Waals surface area contributed by atoms with Crippen LogP contribution in [0, 0.1) is 0 Å². The van der Waals surface area contributed by atoms with Crippen molar-refractivity contribution >= 4 is 46.9 Å². The number of carbonyl (C=O) groups excluding carboxylic acids is 3. The third-order valence-electron chi connectivity index (χ3n) is 6.95. The zero-order valence-corrected chi connectivity index (χ0v) is 26.0. The molecule has 0 fully saturated rings. The van der Waals surface area contributed by atoms with Crippen molar-refractivity contribution in [3.8, 4) is 28.6 Å². The highest BCUT2D eigenvalue weighted by Crippen LogP contribution is 2.34. The normalized spacial score (nSPS) is 11.9. The third kappa shape index (κ3) is 7.84. The van der Waals surface area contributed by atoms with Gasteiger partial charge in [-0.05, 0) is 72.8 Å². The van der Waals surface area contributed by atoms with Gasteiger partial charge in [0, 0.05) is 34.0 Å². The number of furan rings is 1. The van der Waals surface area contributed by atoms with E-state index in [1.54, 1.807) is 92.0 Å². The Morgan fingerprint density at radius 1 is 0.809 bits per heavy atom. The molecule has 4 aromatic carbocycles. The van der Waals surface area contributed by atoms with Crippen molar-refractivity contribution in [2.24, 2.45) is 0 Å². The summed E-state index contributed by atoms with van der Waals surface area (Å²) < 4.78 is 22.1. The largest absolute Gasteiger partial charge is 0.496 e. The quantitative estimate of drug-likeness (QED) is 0.105. The molecule has 0 spiro atoms. The topological polar surface area (TPSA) is 128 Å². The van der Waals surface area contributed by atoms with E-state index in [0.717, 1.165) is 10.5 Å². The van der Waals surface area contributed by atoms with Gasteiger partial charge < -0.3 is 34.6 Å². The molecule has 1 aliphatic rings. The molecular formula is C36H29N3O7S. The number of carbonyl (C=O) groups is 3. The molecule has 1 aromatic heterocycles. The van der Waals surface area contributed by atoms with Crippen molar-refractivity contribution in [3.05, 3.63) is 126 Å². The molecule has 3 amide bonds. The number of benzene rings is 4. The van der Waals surface area contributed by atoms with Gasteiger partial charge in [0.15, 0.2) is 11.5 Å². The van der Waals surface area contributed by atoms with Crippen molar-refractivity contribution in [2.75, 3.05) is 30.3 Å². The van der Waals surface area contributed by atoms with E-state index in [2.05, 4.69) is 16.0 Å². The van der Waals surface area contributed by atoms with Crippen LogP contribution in [0.2, 0.25) is 0 Å². The molecule has 11 heteroatoms. The first kappa shape index (κ1) is 31.1. The Balaban J connectivity index is 1.12.